The van der Waals surface area contributed by atoms with Crippen LogP contribution in [0.15, 0.2) is 24.3 Å². The Morgan fingerprint density at radius 1 is 1.29 bits per heavy atom. The highest BCUT2D eigenvalue weighted by molar-refractivity contribution is 7.88. The third-order valence-corrected chi connectivity index (χ3v) is 4.85. The molecule has 24 heavy (non-hydrogen) atoms. The lowest BCUT2D eigenvalue weighted by Gasteiger charge is -2.36. The number of likely N-dealkylation sites (tertiary alicyclic amines) is 1. The van der Waals surface area contributed by atoms with Gasteiger partial charge in [0.2, 0.25) is 15.9 Å². The van der Waals surface area contributed by atoms with Gasteiger partial charge in [-0.3, -0.25) is 4.79 Å². The number of nitrogen functional groups attached to an aromatic ring is 1. The summed E-state index contributed by atoms with van der Waals surface area (Å²) in [4.78, 5) is 14.5. The molecule has 1 aromatic rings. The van der Waals surface area contributed by atoms with E-state index < -0.39 is 10.0 Å². The van der Waals surface area contributed by atoms with E-state index >= 15 is 0 Å². The molecular formula is C16H26ClN3O3S. The predicted octanol–water partition coefficient (Wildman–Crippen LogP) is 1.55. The van der Waals surface area contributed by atoms with Crippen molar-refractivity contribution in [3.8, 4) is 0 Å². The van der Waals surface area contributed by atoms with Gasteiger partial charge in [-0.1, -0.05) is 12.1 Å². The van der Waals surface area contributed by atoms with Gasteiger partial charge in [0.15, 0.2) is 0 Å². The highest BCUT2D eigenvalue weighted by atomic mass is 35.5. The van der Waals surface area contributed by atoms with Crippen LogP contribution in [0.25, 0.3) is 0 Å². The first-order valence-electron chi connectivity index (χ1n) is 7.94. The Morgan fingerprint density at radius 2 is 1.96 bits per heavy atom. The van der Waals surface area contributed by atoms with E-state index in [1.54, 1.807) is 12.1 Å². The number of amides is 1. The zero-order chi connectivity index (χ0) is 16.9. The van der Waals surface area contributed by atoms with Crippen LogP contribution in [0.3, 0.4) is 0 Å². The molecule has 1 unspecified atom stereocenters. The molecular weight excluding hydrogens is 350 g/mol. The number of hydrogen-bond acceptors (Lipinski definition) is 4. The van der Waals surface area contributed by atoms with E-state index in [2.05, 4.69) is 4.72 Å². The summed E-state index contributed by atoms with van der Waals surface area (Å²) in [6.45, 7) is 1.12. The molecule has 0 saturated carbocycles. The molecule has 8 heteroatoms. The maximum atomic E-state index is 12.6. The highest BCUT2D eigenvalue weighted by Gasteiger charge is 2.26. The van der Waals surface area contributed by atoms with Gasteiger partial charge in [0, 0.05) is 24.8 Å². The van der Waals surface area contributed by atoms with Crippen molar-refractivity contribution in [3.05, 3.63) is 29.8 Å². The summed E-state index contributed by atoms with van der Waals surface area (Å²) >= 11 is 0. The van der Waals surface area contributed by atoms with Crippen LogP contribution in [0, 0.1) is 0 Å². The smallest absolute Gasteiger partial charge is 0.227 e. The number of halogens is 1. The minimum Gasteiger partial charge on any atom is -0.399 e. The standard InChI is InChI=1S/C16H25N3O3S.ClH/c1-23(21,22)18-10-9-15-4-2-3-11-19(15)16(20)12-13-5-7-14(17)8-6-13;/h5-8,15,18H,2-4,9-12,17H2,1H3;1H. The van der Waals surface area contributed by atoms with Crippen molar-refractivity contribution < 1.29 is 13.2 Å². The number of anilines is 1. The van der Waals surface area contributed by atoms with Gasteiger partial charge in [-0.05, 0) is 43.4 Å². The summed E-state index contributed by atoms with van der Waals surface area (Å²) in [5.74, 6) is 0.0961. The first kappa shape index (κ1) is 20.7. The number of rotatable bonds is 6. The number of carbonyl (C=O) groups excluding carboxylic acids is 1. The zero-order valence-corrected chi connectivity index (χ0v) is 15.5. The van der Waals surface area contributed by atoms with Gasteiger partial charge in [-0.2, -0.15) is 0 Å². The van der Waals surface area contributed by atoms with Crippen molar-refractivity contribution in [2.24, 2.45) is 0 Å². The molecule has 0 radical (unpaired) electrons. The SMILES string of the molecule is CS(=O)(=O)NCCC1CCCCN1C(=O)Cc1ccc(N)cc1.Cl. The average Bonchev–Trinajstić information content (AvgIpc) is 2.49. The lowest BCUT2D eigenvalue weighted by Crippen LogP contribution is -2.45. The van der Waals surface area contributed by atoms with Crippen molar-refractivity contribution in [1.82, 2.24) is 9.62 Å². The number of nitrogens with two attached hydrogens (primary N) is 1. The molecule has 1 saturated heterocycles. The Morgan fingerprint density at radius 3 is 2.58 bits per heavy atom. The van der Waals surface area contributed by atoms with E-state index in [4.69, 9.17) is 5.73 Å². The van der Waals surface area contributed by atoms with Crippen LogP contribution in [0.5, 0.6) is 0 Å². The first-order chi connectivity index (χ1) is 10.8. The minimum atomic E-state index is -3.18. The van der Waals surface area contributed by atoms with Crippen LogP contribution in [-0.2, 0) is 21.2 Å². The van der Waals surface area contributed by atoms with Gasteiger partial charge < -0.3 is 10.6 Å². The van der Waals surface area contributed by atoms with Crippen molar-refractivity contribution >= 4 is 34.0 Å². The quantitative estimate of drug-likeness (QED) is 0.738. The lowest BCUT2D eigenvalue weighted by atomic mass is 9.98. The monoisotopic (exact) mass is 375 g/mol. The van der Waals surface area contributed by atoms with Gasteiger partial charge >= 0.3 is 0 Å². The molecule has 1 fully saturated rings. The molecule has 1 aliphatic rings. The summed E-state index contributed by atoms with van der Waals surface area (Å²) in [5.41, 5.74) is 7.29. The van der Waals surface area contributed by atoms with Crippen LogP contribution in [0.1, 0.15) is 31.2 Å². The summed E-state index contributed by atoms with van der Waals surface area (Å²) in [5, 5.41) is 0. The number of nitrogens with one attached hydrogen (secondary N) is 1. The van der Waals surface area contributed by atoms with Crippen molar-refractivity contribution in [1.29, 1.82) is 0 Å². The van der Waals surface area contributed by atoms with Crippen LogP contribution in [0.2, 0.25) is 0 Å². The zero-order valence-electron chi connectivity index (χ0n) is 13.9. The minimum absolute atomic E-state index is 0. The Balaban J connectivity index is 0.00000288. The Bertz CT molecular complexity index is 634. The number of hydrogen-bond donors (Lipinski definition) is 2. The summed E-state index contributed by atoms with van der Waals surface area (Å²) < 4.78 is 24.8. The fourth-order valence-electron chi connectivity index (χ4n) is 2.95. The summed E-state index contributed by atoms with van der Waals surface area (Å²) in [6.07, 6.45) is 5.17. The van der Waals surface area contributed by atoms with E-state index in [0.717, 1.165) is 37.6 Å². The molecule has 1 amide bonds. The number of benzene rings is 1. The van der Waals surface area contributed by atoms with Crippen LogP contribution in [-0.4, -0.2) is 44.6 Å². The van der Waals surface area contributed by atoms with Crippen molar-refractivity contribution in [3.63, 3.8) is 0 Å². The molecule has 1 aliphatic heterocycles. The molecule has 1 aromatic carbocycles. The Kier molecular flexibility index (Phi) is 7.99. The van der Waals surface area contributed by atoms with Crippen LogP contribution >= 0.6 is 12.4 Å². The summed E-state index contributed by atoms with van der Waals surface area (Å²) in [7, 11) is -3.18. The first-order valence-corrected chi connectivity index (χ1v) is 9.83. The van der Waals surface area contributed by atoms with Gasteiger partial charge in [0.25, 0.3) is 0 Å². The predicted molar refractivity (Wildman–Crippen MR) is 98.6 cm³/mol. The maximum Gasteiger partial charge on any atom is 0.227 e. The third-order valence-electron chi connectivity index (χ3n) is 4.12. The highest BCUT2D eigenvalue weighted by Crippen LogP contribution is 2.21. The second-order valence-corrected chi connectivity index (χ2v) is 7.94. The van der Waals surface area contributed by atoms with E-state index in [1.807, 2.05) is 17.0 Å². The maximum absolute atomic E-state index is 12.6. The molecule has 0 bridgehead atoms. The molecule has 1 atom stereocenters. The van der Waals surface area contributed by atoms with Gasteiger partial charge in [-0.15, -0.1) is 12.4 Å². The number of piperidine rings is 1. The Hall–Kier alpha value is -1.31. The normalized spacial score (nSPS) is 18.0. The molecule has 136 valence electrons. The average molecular weight is 376 g/mol. The molecule has 0 aliphatic carbocycles. The van der Waals surface area contributed by atoms with Crippen molar-refractivity contribution in [2.45, 2.75) is 38.1 Å². The van der Waals surface area contributed by atoms with Crippen molar-refractivity contribution in [2.75, 3.05) is 25.1 Å². The van der Waals surface area contributed by atoms with Gasteiger partial charge in [0.05, 0.1) is 12.7 Å². The number of carbonyl (C=O) groups is 1. The molecule has 2 rings (SSSR count). The third kappa shape index (κ3) is 6.67. The summed E-state index contributed by atoms with van der Waals surface area (Å²) in [6, 6.07) is 7.45. The molecule has 1 heterocycles. The Labute approximate surface area is 150 Å². The molecule has 6 nitrogen and oxygen atoms in total. The number of sulfonamides is 1. The number of nitrogens with zero attached hydrogens (tertiary/aromatic N) is 1. The second kappa shape index (κ2) is 9.25. The topological polar surface area (TPSA) is 92.5 Å². The van der Waals surface area contributed by atoms with Gasteiger partial charge in [-0.25, -0.2) is 13.1 Å². The molecule has 0 aromatic heterocycles. The van der Waals surface area contributed by atoms with Crippen LogP contribution < -0.4 is 10.5 Å². The lowest BCUT2D eigenvalue weighted by molar-refractivity contribution is -0.134. The van der Waals surface area contributed by atoms with E-state index in [1.165, 1.54) is 0 Å². The molecule has 3 N–H and O–H groups in total. The van der Waals surface area contributed by atoms with E-state index in [0.29, 0.717) is 25.1 Å². The fourth-order valence-corrected chi connectivity index (χ4v) is 3.44. The fraction of sp³-hybridized carbons (Fsp3) is 0.562. The van der Waals surface area contributed by atoms with Gasteiger partial charge in [0.1, 0.15) is 0 Å². The molecule has 0 spiro atoms. The second-order valence-electron chi connectivity index (χ2n) is 6.11. The largest absolute Gasteiger partial charge is 0.399 e. The van der Waals surface area contributed by atoms with Crippen LogP contribution in [0.4, 0.5) is 5.69 Å². The van der Waals surface area contributed by atoms with E-state index in [-0.39, 0.29) is 24.4 Å². The van der Waals surface area contributed by atoms with E-state index in [9.17, 15) is 13.2 Å².